The number of benzene rings is 1. The molecule has 1 aliphatic heterocycles. The van der Waals surface area contributed by atoms with Crippen LogP contribution in [0, 0.1) is 10.8 Å². The average Bonchev–Trinajstić information content (AvgIpc) is 3.68. The normalized spacial score (nSPS) is 15.5. The number of H-pyrrole nitrogens is 1. The van der Waals surface area contributed by atoms with Gasteiger partial charge in [0.1, 0.15) is 23.1 Å². The van der Waals surface area contributed by atoms with E-state index in [9.17, 15) is 28.8 Å². The number of aromatic amines is 1. The molecule has 1 saturated heterocycles. The Morgan fingerprint density at radius 3 is 2.37 bits per heavy atom. The lowest BCUT2D eigenvalue weighted by atomic mass is 9.88. The minimum atomic E-state index is -0.866. The second-order valence-corrected chi connectivity index (χ2v) is 15.5. The van der Waals surface area contributed by atoms with Gasteiger partial charge in [-0.3, -0.25) is 39.2 Å². The Bertz CT molecular complexity index is 2230. The molecule has 1 fully saturated rings. The molecule has 5 N–H and O–H groups in total. The highest BCUT2D eigenvalue weighted by atomic mass is 16.5. The second-order valence-electron chi connectivity index (χ2n) is 15.5. The van der Waals surface area contributed by atoms with Gasteiger partial charge in [0.25, 0.3) is 17.0 Å². The molecule has 1 aliphatic rings. The van der Waals surface area contributed by atoms with Crippen LogP contribution >= 0.6 is 0 Å². The van der Waals surface area contributed by atoms with E-state index < -0.39 is 34.7 Å². The van der Waals surface area contributed by atoms with Gasteiger partial charge in [0, 0.05) is 78.9 Å². The van der Waals surface area contributed by atoms with E-state index in [2.05, 4.69) is 31.5 Å². The van der Waals surface area contributed by atoms with Crippen LogP contribution in [0.3, 0.4) is 0 Å². The average molecular weight is 789 g/mol. The summed E-state index contributed by atoms with van der Waals surface area (Å²) < 4.78 is 20.3. The van der Waals surface area contributed by atoms with Gasteiger partial charge in [-0.1, -0.05) is 27.7 Å². The first kappa shape index (κ1) is 42.3. The molecular weight excluding hydrogens is 736 g/mol. The number of methoxy groups -OCH3 is 2. The number of nitrogens with zero attached hydrogens (tertiary/aromatic N) is 3. The molecule has 3 aromatic heterocycles. The van der Waals surface area contributed by atoms with Crippen molar-refractivity contribution < 1.29 is 33.4 Å². The highest BCUT2D eigenvalue weighted by Crippen LogP contribution is 2.37. The van der Waals surface area contributed by atoms with E-state index in [-0.39, 0.29) is 54.9 Å². The van der Waals surface area contributed by atoms with Crippen LogP contribution in [0.1, 0.15) is 68.9 Å². The molecule has 0 aliphatic carbocycles. The van der Waals surface area contributed by atoms with Gasteiger partial charge in [-0.2, -0.15) is 5.10 Å². The summed E-state index contributed by atoms with van der Waals surface area (Å²) in [6.07, 6.45) is 5.73. The Balaban J connectivity index is 1.09. The SMILES string of the molecule is CCC(C)(CNC(=O)CNCc1c(OC)cc(-c2cn(C)c(=O)c3[nH]ncc23)cc1OC)COCC(C)(C)CNC(=O)c1ccc(=O)n(C2CCC(=O)NC2=O)c1. The number of rotatable bonds is 18. The van der Waals surface area contributed by atoms with Gasteiger partial charge >= 0.3 is 0 Å². The summed E-state index contributed by atoms with van der Waals surface area (Å²) in [5, 5.41) is 18.8. The molecule has 57 heavy (non-hydrogen) atoms. The van der Waals surface area contributed by atoms with Gasteiger partial charge < -0.3 is 39.3 Å². The van der Waals surface area contributed by atoms with Gasteiger partial charge in [-0.05, 0) is 36.6 Å². The van der Waals surface area contributed by atoms with Crippen molar-refractivity contribution in [2.45, 2.75) is 59.5 Å². The smallest absolute Gasteiger partial charge is 0.276 e. The lowest BCUT2D eigenvalue weighted by Gasteiger charge is -2.31. The summed E-state index contributed by atoms with van der Waals surface area (Å²) in [5.41, 5.74) is 1.45. The summed E-state index contributed by atoms with van der Waals surface area (Å²) in [7, 11) is 4.80. The van der Waals surface area contributed by atoms with Gasteiger partial charge in [0.05, 0.1) is 45.7 Å². The van der Waals surface area contributed by atoms with Crippen LogP contribution in [0.5, 0.6) is 11.5 Å². The molecular formula is C40H52N8O9. The molecule has 4 heterocycles. The van der Waals surface area contributed by atoms with Gasteiger partial charge in [0.15, 0.2) is 0 Å². The number of hydrogen-bond acceptors (Lipinski definition) is 11. The third-order valence-corrected chi connectivity index (χ3v) is 10.3. The molecule has 4 amide bonds. The van der Waals surface area contributed by atoms with Crippen LogP contribution in [0.15, 0.2) is 52.4 Å². The third-order valence-electron chi connectivity index (χ3n) is 10.3. The van der Waals surface area contributed by atoms with Gasteiger partial charge in [-0.25, -0.2) is 0 Å². The van der Waals surface area contributed by atoms with E-state index in [1.165, 1.54) is 27.5 Å². The predicted octanol–water partition coefficient (Wildman–Crippen LogP) is 2.18. The van der Waals surface area contributed by atoms with Crippen LogP contribution in [0.25, 0.3) is 22.0 Å². The first-order chi connectivity index (χ1) is 27.1. The third kappa shape index (κ3) is 10.1. The molecule has 4 aromatic rings. The Morgan fingerprint density at radius 1 is 0.982 bits per heavy atom. The first-order valence-corrected chi connectivity index (χ1v) is 18.8. The molecule has 17 heteroatoms. The molecule has 0 bridgehead atoms. The van der Waals surface area contributed by atoms with E-state index in [4.69, 9.17) is 14.2 Å². The number of piperidine rings is 1. The van der Waals surface area contributed by atoms with Crippen molar-refractivity contribution in [2.24, 2.45) is 17.9 Å². The second kappa shape index (κ2) is 18.0. The largest absolute Gasteiger partial charge is 0.496 e. The summed E-state index contributed by atoms with van der Waals surface area (Å²) in [6.45, 7) is 9.65. The molecule has 306 valence electrons. The minimum absolute atomic E-state index is 0.0446. The molecule has 2 atom stereocenters. The van der Waals surface area contributed by atoms with E-state index in [1.807, 2.05) is 39.8 Å². The van der Waals surface area contributed by atoms with Gasteiger partial charge in [0.2, 0.25) is 17.7 Å². The molecule has 0 spiro atoms. The number of amides is 4. The number of ether oxygens (including phenoxy) is 3. The highest BCUT2D eigenvalue weighted by molar-refractivity contribution is 5.99. The number of carbonyl (C=O) groups excluding carboxylic acids is 4. The molecule has 0 saturated carbocycles. The van der Waals surface area contributed by atoms with Crippen molar-refractivity contribution >= 4 is 34.5 Å². The van der Waals surface area contributed by atoms with Crippen molar-refractivity contribution in [3.05, 3.63) is 74.7 Å². The topological polar surface area (TPSA) is 217 Å². The van der Waals surface area contributed by atoms with Crippen molar-refractivity contribution in [3.8, 4) is 22.6 Å². The zero-order chi connectivity index (χ0) is 41.5. The zero-order valence-electron chi connectivity index (χ0n) is 33.5. The molecule has 2 unspecified atom stereocenters. The van der Waals surface area contributed by atoms with Crippen molar-refractivity contribution in [1.29, 1.82) is 0 Å². The predicted molar refractivity (Wildman–Crippen MR) is 212 cm³/mol. The summed E-state index contributed by atoms with van der Waals surface area (Å²) in [4.78, 5) is 74.9. The maximum Gasteiger partial charge on any atom is 0.276 e. The standard InChI is InChI=1S/C40H52N8O9/c1-8-40(4,23-57-22-39(2,3)20-43-36(52)24-9-12-34(51)48(18-24)29-10-11-32(49)45-37(29)53)21-42-33(50)17-41-15-27-30(55-6)13-25(14-31(27)56-7)28-19-47(5)38(54)35-26(28)16-44-46-35/h9,12-14,16,18-19,29,41H,8,10-11,15,17,20-23H2,1-7H3,(H,42,50)(H,43,52)(H,44,46)(H,45,49,53). The zero-order valence-corrected chi connectivity index (χ0v) is 33.5. The number of hydrogen-bond donors (Lipinski definition) is 5. The Morgan fingerprint density at radius 2 is 1.70 bits per heavy atom. The molecule has 0 radical (unpaired) electrons. The van der Waals surface area contributed by atoms with Crippen LogP contribution in [-0.2, 0) is 32.7 Å². The fraction of sp³-hybridized carbons (Fsp3) is 0.475. The summed E-state index contributed by atoms with van der Waals surface area (Å²) in [6, 6.07) is 5.50. The summed E-state index contributed by atoms with van der Waals surface area (Å²) in [5.74, 6) is -0.462. The van der Waals surface area contributed by atoms with Gasteiger partial charge in [-0.15, -0.1) is 0 Å². The number of fused-ring (bicyclic) bond motifs is 1. The minimum Gasteiger partial charge on any atom is -0.496 e. The quantitative estimate of drug-likeness (QED) is 0.0922. The maximum absolute atomic E-state index is 13.0. The van der Waals surface area contributed by atoms with Crippen molar-refractivity contribution in [3.63, 3.8) is 0 Å². The van der Waals surface area contributed by atoms with Crippen LogP contribution < -0.4 is 41.9 Å². The maximum atomic E-state index is 13.0. The van der Waals surface area contributed by atoms with E-state index >= 15 is 0 Å². The van der Waals surface area contributed by atoms with Crippen LogP contribution in [0.4, 0.5) is 0 Å². The monoisotopic (exact) mass is 788 g/mol. The van der Waals surface area contributed by atoms with E-state index in [0.717, 1.165) is 23.1 Å². The van der Waals surface area contributed by atoms with Crippen LogP contribution in [0.2, 0.25) is 0 Å². The van der Waals surface area contributed by atoms with Crippen molar-refractivity contribution in [2.75, 3.05) is 47.1 Å². The number of imide groups is 1. The molecule has 17 nitrogen and oxygen atoms in total. The Labute approximate surface area is 329 Å². The van der Waals surface area contributed by atoms with Crippen molar-refractivity contribution in [1.82, 2.24) is 40.6 Å². The van der Waals surface area contributed by atoms with E-state index in [1.54, 1.807) is 33.7 Å². The van der Waals surface area contributed by atoms with E-state index in [0.29, 0.717) is 42.2 Å². The summed E-state index contributed by atoms with van der Waals surface area (Å²) >= 11 is 0. The molecule has 1 aromatic carbocycles. The number of carbonyl (C=O) groups is 4. The Kier molecular flexibility index (Phi) is 13.4. The first-order valence-electron chi connectivity index (χ1n) is 18.8. The van der Waals surface area contributed by atoms with Crippen LogP contribution in [-0.4, -0.2) is 90.0 Å². The highest BCUT2D eigenvalue weighted by Gasteiger charge is 2.30. The fourth-order valence-electron chi connectivity index (χ4n) is 6.52. The number of aryl methyl sites for hydroxylation is 1. The molecule has 5 rings (SSSR count). The number of aromatic nitrogens is 4. The fourth-order valence-corrected chi connectivity index (χ4v) is 6.52. The lowest BCUT2D eigenvalue weighted by Crippen LogP contribution is -2.44. The Hall–Kier alpha value is -5.81. The number of nitrogens with one attached hydrogen (secondary N) is 5. The number of pyridine rings is 2. The lowest BCUT2D eigenvalue weighted by molar-refractivity contribution is -0.135.